The van der Waals surface area contributed by atoms with Gasteiger partial charge in [0.1, 0.15) is 5.82 Å². The summed E-state index contributed by atoms with van der Waals surface area (Å²) in [6.07, 6.45) is 1.88. The Hall–Kier alpha value is -0.0900. The first kappa shape index (κ1) is 12.0. The molecule has 1 rings (SSSR count). The van der Waals surface area contributed by atoms with Gasteiger partial charge in [-0.05, 0) is 34.5 Å². The van der Waals surface area contributed by atoms with E-state index >= 15 is 0 Å². The van der Waals surface area contributed by atoms with Gasteiger partial charge in [0.05, 0.1) is 4.47 Å². The van der Waals surface area contributed by atoms with Crippen molar-refractivity contribution >= 4 is 37.7 Å². The lowest BCUT2D eigenvalue weighted by Gasteiger charge is -2.20. The average molecular weight is 322 g/mol. The molecule has 0 aliphatic rings. The summed E-state index contributed by atoms with van der Waals surface area (Å²) in [4.78, 5) is 6.98. The number of alkyl halides is 1. The molecule has 78 valence electrons. The fraction of sp³-hybridized carbons (Fsp3) is 0.500. The Morgan fingerprint density at radius 1 is 1.57 bits per heavy atom. The Balaban J connectivity index is 2.84. The van der Waals surface area contributed by atoms with Gasteiger partial charge in [-0.1, -0.05) is 22.9 Å². The van der Waals surface area contributed by atoms with Crippen LogP contribution in [0.4, 0.5) is 5.82 Å². The first-order chi connectivity index (χ1) is 6.50. The topological polar surface area (TPSA) is 16.1 Å². The van der Waals surface area contributed by atoms with Crippen LogP contribution in [0.3, 0.4) is 0 Å². The number of hydrogen-bond donors (Lipinski definition) is 0. The molecule has 0 saturated carbocycles. The Morgan fingerprint density at radius 3 is 2.71 bits per heavy atom. The van der Waals surface area contributed by atoms with Crippen LogP contribution in [0.2, 0.25) is 0 Å². The molecule has 1 heterocycles. The summed E-state index contributed by atoms with van der Waals surface area (Å²) in [5.41, 5.74) is 1.17. The van der Waals surface area contributed by atoms with Crippen molar-refractivity contribution in [3.05, 3.63) is 22.3 Å². The zero-order valence-corrected chi connectivity index (χ0v) is 11.8. The third-order valence-electron chi connectivity index (χ3n) is 1.85. The maximum Gasteiger partial charge on any atom is 0.142 e. The summed E-state index contributed by atoms with van der Waals surface area (Å²) in [5, 5.41) is 0. The van der Waals surface area contributed by atoms with Crippen molar-refractivity contribution in [2.45, 2.75) is 18.7 Å². The van der Waals surface area contributed by atoms with Crippen LogP contribution in [0, 0.1) is 6.92 Å². The van der Waals surface area contributed by atoms with Crippen LogP contribution in [-0.2, 0) is 0 Å². The molecule has 0 radical (unpaired) electrons. The molecule has 0 fully saturated rings. The number of aromatic nitrogens is 1. The number of anilines is 1. The summed E-state index contributed by atoms with van der Waals surface area (Å²) in [7, 11) is 2.04. The summed E-state index contributed by atoms with van der Waals surface area (Å²) < 4.78 is 1.05. The van der Waals surface area contributed by atoms with Gasteiger partial charge >= 0.3 is 0 Å². The zero-order valence-electron chi connectivity index (χ0n) is 8.59. The van der Waals surface area contributed by atoms with Crippen molar-refractivity contribution in [3.63, 3.8) is 0 Å². The fourth-order valence-corrected chi connectivity index (χ4v) is 2.47. The normalized spacial score (nSPS) is 12.6. The van der Waals surface area contributed by atoms with Crippen LogP contribution in [0.25, 0.3) is 0 Å². The molecule has 4 heteroatoms. The molecule has 1 aromatic heterocycles. The molecule has 0 saturated heterocycles. The van der Waals surface area contributed by atoms with E-state index in [0.29, 0.717) is 4.83 Å². The van der Waals surface area contributed by atoms with Crippen molar-refractivity contribution < 1.29 is 0 Å². The second-order valence-electron chi connectivity index (χ2n) is 3.48. The minimum Gasteiger partial charge on any atom is -0.358 e. The lowest BCUT2D eigenvalue weighted by atomic mass is 10.3. The van der Waals surface area contributed by atoms with Crippen LogP contribution in [0.15, 0.2) is 16.7 Å². The van der Waals surface area contributed by atoms with Crippen LogP contribution < -0.4 is 4.90 Å². The van der Waals surface area contributed by atoms with Gasteiger partial charge in [-0.2, -0.15) is 0 Å². The first-order valence-corrected chi connectivity index (χ1v) is 6.19. The number of hydrogen-bond acceptors (Lipinski definition) is 2. The van der Waals surface area contributed by atoms with E-state index in [4.69, 9.17) is 0 Å². The molecular formula is C10H14Br2N2. The first-order valence-electron chi connectivity index (χ1n) is 4.48. The molecule has 0 bridgehead atoms. The molecule has 2 nitrogen and oxygen atoms in total. The number of pyridine rings is 1. The van der Waals surface area contributed by atoms with E-state index in [2.05, 4.69) is 54.7 Å². The highest BCUT2D eigenvalue weighted by Crippen LogP contribution is 2.23. The van der Waals surface area contributed by atoms with Gasteiger partial charge in [0.15, 0.2) is 0 Å². The molecule has 0 spiro atoms. The van der Waals surface area contributed by atoms with Crippen LogP contribution in [0.5, 0.6) is 0 Å². The minimum atomic E-state index is 0.461. The third kappa shape index (κ3) is 3.24. The molecular weight excluding hydrogens is 308 g/mol. The molecule has 1 unspecified atom stereocenters. The average Bonchev–Trinajstić information content (AvgIpc) is 2.01. The highest BCUT2D eigenvalue weighted by atomic mass is 79.9. The van der Waals surface area contributed by atoms with E-state index in [-0.39, 0.29) is 0 Å². The van der Waals surface area contributed by atoms with Gasteiger partial charge in [0, 0.05) is 24.6 Å². The number of aryl methyl sites for hydroxylation is 1. The molecule has 0 aliphatic carbocycles. The molecule has 1 atom stereocenters. The SMILES string of the molecule is Cc1cnc(N(C)CC(C)Br)c(Br)c1. The quantitative estimate of drug-likeness (QED) is 0.793. The predicted octanol–water partition coefficient (Wildman–Crippen LogP) is 3.37. The molecule has 14 heavy (non-hydrogen) atoms. The summed E-state index contributed by atoms with van der Waals surface area (Å²) >= 11 is 7.04. The van der Waals surface area contributed by atoms with Crippen molar-refractivity contribution in [2.24, 2.45) is 0 Å². The lowest BCUT2D eigenvalue weighted by molar-refractivity contribution is 0.857. The van der Waals surface area contributed by atoms with Crippen molar-refractivity contribution in [1.29, 1.82) is 0 Å². The summed E-state index contributed by atoms with van der Waals surface area (Å²) in [6.45, 7) is 5.10. The van der Waals surface area contributed by atoms with Gasteiger partial charge in [-0.3, -0.25) is 0 Å². The lowest BCUT2D eigenvalue weighted by Crippen LogP contribution is -2.25. The highest BCUT2D eigenvalue weighted by molar-refractivity contribution is 9.10. The highest BCUT2D eigenvalue weighted by Gasteiger charge is 2.09. The predicted molar refractivity (Wildman–Crippen MR) is 68.3 cm³/mol. The Kier molecular flexibility index (Phi) is 4.38. The Bertz CT molecular complexity index is 313. The van der Waals surface area contributed by atoms with E-state index in [1.54, 1.807) is 0 Å². The standard InChI is InChI=1S/C10H14Br2N2/c1-7-4-9(12)10(13-5-7)14(3)6-8(2)11/h4-5,8H,6H2,1-3H3. The molecule has 0 aliphatic heterocycles. The molecule has 0 aromatic carbocycles. The summed E-state index contributed by atoms with van der Waals surface area (Å²) in [5.74, 6) is 0.988. The third-order valence-corrected chi connectivity index (χ3v) is 2.72. The fourth-order valence-electron chi connectivity index (χ4n) is 1.27. The maximum atomic E-state index is 4.39. The van der Waals surface area contributed by atoms with Crippen LogP contribution >= 0.6 is 31.9 Å². The van der Waals surface area contributed by atoms with Crippen molar-refractivity contribution in [1.82, 2.24) is 4.98 Å². The van der Waals surface area contributed by atoms with Gasteiger partial charge in [0.25, 0.3) is 0 Å². The second-order valence-corrected chi connectivity index (χ2v) is 5.90. The van der Waals surface area contributed by atoms with Crippen molar-refractivity contribution in [2.75, 3.05) is 18.5 Å². The van der Waals surface area contributed by atoms with E-state index < -0.39 is 0 Å². The van der Waals surface area contributed by atoms with Gasteiger partial charge in [0.2, 0.25) is 0 Å². The van der Waals surface area contributed by atoms with E-state index in [1.807, 2.05) is 20.2 Å². The van der Waals surface area contributed by atoms with E-state index in [1.165, 1.54) is 5.56 Å². The van der Waals surface area contributed by atoms with E-state index in [0.717, 1.165) is 16.8 Å². The zero-order chi connectivity index (χ0) is 10.7. The number of halogens is 2. The van der Waals surface area contributed by atoms with Gasteiger partial charge in [-0.25, -0.2) is 4.98 Å². The van der Waals surface area contributed by atoms with Crippen LogP contribution in [0.1, 0.15) is 12.5 Å². The minimum absolute atomic E-state index is 0.461. The smallest absolute Gasteiger partial charge is 0.142 e. The van der Waals surface area contributed by atoms with Crippen molar-refractivity contribution in [3.8, 4) is 0 Å². The molecule has 1 aromatic rings. The summed E-state index contributed by atoms with van der Waals surface area (Å²) in [6, 6.07) is 2.08. The monoisotopic (exact) mass is 320 g/mol. The van der Waals surface area contributed by atoms with Gasteiger partial charge in [-0.15, -0.1) is 0 Å². The molecule has 0 amide bonds. The van der Waals surface area contributed by atoms with Gasteiger partial charge < -0.3 is 4.90 Å². The molecule has 0 N–H and O–H groups in total. The van der Waals surface area contributed by atoms with E-state index in [9.17, 15) is 0 Å². The number of nitrogens with zero attached hydrogens (tertiary/aromatic N) is 2. The number of rotatable bonds is 3. The largest absolute Gasteiger partial charge is 0.358 e. The van der Waals surface area contributed by atoms with Crippen LogP contribution in [-0.4, -0.2) is 23.4 Å². The Morgan fingerprint density at radius 2 is 2.21 bits per heavy atom. The maximum absolute atomic E-state index is 4.39. The Labute approximate surface area is 102 Å². The second kappa shape index (κ2) is 5.12.